The summed E-state index contributed by atoms with van der Waals surface area (Å²) in [6.45, 7) is 13.8. The van der Waals surface area contributed by atoms with Gasteiger partial charge in [-0.25, -0.2) is 4.79 Å². The number of hydrogen-bond acceptors (Lipinski definition) is 5. The van der Waals surface area contributed by atoms with Gasteiger partial charge >= 0.3 is 13.1 Å². The van der Waals surface area contributed by atoms with Gasteiger partial charge < -0.3 is 19.4 Å². The third kappa shape index (κ3) is 3.42. The number of carbonyl (C=O) groups excluding carboxylic acids is 1. The van der Waals surface area contributed by atoms with Gasteiger partial charge in [-0.05, 0) is 65.6 Å². The standard InChI is InChI=1S/C19H28BNO4/c1-17(2,3)23-16(22)15-11-12-13(9-8-10-14(12)21-15)20-24-18(4,5)19(6,7)25-20/h8-10,15,21H,11H2,1-7H3. The van der Waals surface area contributed by atoms with Crippen molar-refractivity contribution in [1.82, 2.24) is 0 Å². The maximum Gasteiger partial charge on any atom is 0.495 e. The second kappa shape index (κ2) is 5.75. The van der Waals surface area contributed by atoms with Crippen molar-refractivity contribution in [2.75, 3.05) is 5.32 Å². The van der Waals surface area contributed by atoms with Crippen LogP contribution >= 0.6 is 0 Å². The average Bonchev–Trinajstić information content (AvgIpc) is 2.95. The Labute approximate surface area is 150 Å². The molecule has 0 radical (unpaired) electrons. The van der Waals surface area contributed by atoms with E-state index < -0.39 is 23.9 Å². The molecule has 136 valence electrons. The molecule has 6 heteroatoms. The van der Waals surface area contributed by atoms with Gasteiger partial charge in [-0.1, -0.05) is 12.1 Å². The first-order chi connectivity index (χ1) is 11.4. The summed E-state index contributed by atoms with van der Waals surface area (Å²) in [5.41, 5.74) is 1.71. The van der Waals surface area contributed by atoms with E-state index in [9.17, 15) is 4.79 Å². The maximum atomic E-state index is 12.4. The highest BCUT2D eigenvalue weighted by molar-refractivity contribution is 6.62. The van der Waals surface area contributed by atoms with E-state index in [1.165, 1.54) is 0 Å². The van der Waals surface area contributed by atoms with Crippen LogP contribution in [-0.4, -0.2) is 35.9 Å². The number of anilines is 1. The molecule has 0 spiro atoms. The van der Waals surface area contributed by atoms with Crippen LogP contribution in [0.2, 0.25) is 0 Å². The molecule has 0 amide bonds. The van der Waals surface area contributed by atoms with E-state index in [1.54, 1.807) is 0 Å². The lowest BCUT2D eigenvalue weighted by molar-refractivity contribution is -0.155. The van der Waals surface area contributed by atoms with Crippen molar-refractivity contribution in [3.8, 4) is 0 Å². The summed E-state index contributed by atoms with van der Waals surface area (Å²) in [7, 11) is -0.431. The van der Waals surface area contributed by atoms with Crippen molar-refractivity contribution in [1.29, 1.82) is 0 Å². The van der Waals surface area contributed by atoms with Gasteiger partial charge in [-0.2, -0.15) is 0 Å². The zero-order valence-electron chi connectivity index (χ0n) is 16.2. The molecule has 1 saturated heterocycles. The number of rotatable bonds is 2. The Balaban J connectivity index is 1.83. The highest BCUT2D eigenvalue weighted by Crippen LogP contribution is 2.37. The smallest absolute Gasteiger partial charge is 0.458 e. The van der Waals surface area contributed by atoms with Crippen LogP contribution in [0.4, 0.5) is 5.69 Å². The summed E-state index contributed by atoms with van der Waals surface area (Å²) in [6.07, 6.45) is 0.574. The van der Waals surface area contributed by atoms with Crippen molar-refractivity contribution >= 4 is 24.2 Å². The molecule has 0 saturated carbocycles. The Bertz CT molecular complexity index is 677. The predicted molar refractivity (Wildman–Crippen MR) is 99.1 cm³/mol. The molecule has 2 heterocycles. The average molecular weight is 345 g/mol. The quantitative estimate of drug-likeness (QED) is 0.660. The van der Waals surface area contributed by atoms with Gasteiger partial charge in [0.25, 0.3) is 0 Å². The molecule has 1 unspecified atom stereocenters. The minimum absolute atomic E-state index is 0.233. The topological polar surface area (TPSA) is 56.8 Å². The van der Waals surface area contributed by atoms with E-state index in [-0.39, 0.29) is 12.0 Å². The highest BCUT2D eigenvalue weighted by Gasteiger charge is 2.52. The zero-order chi connectivity index (χ0) is 18.6. The minimum Gasteiger partial charge on any atom is -0.458 e. The summed E-state index contributed by atoms with van der Waals surface area (Å²) >= 11 is 0. The predicted octanol–water partition coefficient (Wildman–Crippen LogP) is 2.66. The monoisotopic (exact) mass is 345 g/mol. The molecule has 5 nitrogen and oxygen atoms in total. The molecule has 2 aliphatic rings. The van der Waals surface area contributed by atoms with Gasteiger partial charge in [0, 0.05) is 12.1 Å². The Morgan fingerprint density at radius 3 is 2.36 bits per heavy atom. The van der Waals surface area contributed by atoms with Crippen molar-refractivity contribution in [2.24, 2.45) is 0 Å². The van der Waals surface area contributed by atoms with Gasteiger partial charge in [0.2, 0.25) is 0 Å². The SMILES string of the molecule is CC(C)(C)OC(=O)C1Cc2c(cccc2B2OC(C)(C)C(C)(C)O2)N1. The van der Waals surface area contributed by atoms with Crippen LogP contribution in [0.3, 0.4) is 0 Å². The van der Waals surface area contributed by atoms with E-state index in [4.69, 9.17) is 14.0 Å². The van der Waals surface area contributed by atoms with E-state index in [2.05, 4.69) is 5.32 Å². The zero-order valence-corrected chi connectivity index (χ0v) is 16.2. The van der Waals surface area contributed by atoms with E-state index in [0.717, 1.165) is 16.7 Å². The Morgan fingerprint density at radius 2 is 1.80 bits per heavy atom. The molecule has 1 N–H and O–H groups in total. The molecule has 0 aliphatic carbocycles. The largest absolute Gasteiger partial charge is 0.495 e. The molecule has 1 aromatic carbocycles. The number of esters is 1. The number of carbonyl (C=O) groups is 1. The highest BCUT2D eigenvalue weighted by atomic mass is 16.7. The fourth-order valence-corrected chi connectivity index (χ4v) is 3.12. The first-order valence-corrected chi connectivity index (χ1v) is 8.86. The molecular weight excluding hydrogens is 317 g/mol. The minimum atomic E-state index is -0.498. The summed E-state index contributed by atoms with van der Waals surface area (Å²) in [6, 6.07) is 5.58. The second-order valence-corrected chi connectivity index (χ2v) is 8.90. The summed E-state index contributed by atoms with van der Waals surface area (Å²) in [5, 5.41) is 3.28. The summed E-state index contributed by atoms with van der Waals surface area (Å²) in [4.78, 5) is 12.4. The molecule has 0 bridgehead atoms. The Kier molecular flexibility index (Phi) is 4.20. The first kappa shape index (κ1) is 18.3. The lowest BCUT2D eigenvalue weighted by Crippen LogP contribution is -2.41. The molecule has 1 atom stereocenters. The van der Waals surface area contributed by atoms with Gasteiger partial charge in [-0.15, -0.1) is 0 Å². The van der Waals surface area contributed by atoms with Crippen LogP contribution in [-0.2, 0) is 25.3 Å². The second-order valence-electron chi connectivity index (χ2n) is 8.90. The van der Waals surface area contributed by atoms with E-state index >= 15 is 0 Å². The fourth-order valence-electron chi connectivity index (χ4n) is 3.12. The van der Waals surface area contributed by atoms with Crippen LogP contribution in [0.5, 0.6) is 0 Å². The molecule has 1 aromatic rings. The third-order valence-electron chi connectivity index (χ3n) is 5.15. The normalized spacial score (nSPS) is 24.0. The molecule has 3 rings (SSSR count). The van der Waals surface area contributed by atoms with Gasteiger partial charge in [0.15, 0.2) is 0 Å². The molecule has 0 aromatic heterocycles. The van der Waals surface area contributed by atoms with Gasteiger partial charge in [0.1, 0.15) is 11.6 Å². The summed E-state index contributed by atoms with van der Waals surface area (Å²) < 4.78 is 17.9. The summed E-state index contributed by atoms with van der Waals surface area (Å²) in [5.74, 6) is -0.233. The maximum absolute atomic E-state index is 12.4. The van der Waals surface area contributed by atoms with Crippen LogP contribution in [0.15, 0.2) is 18.2 Å². The van der Waals surface area contributed by atoms with Gasteiger partial charge in [0.05, 0.1) is 11.2 Å². The van der Waals surface area contributed by atoms with Crippen molar-refractivity contribution in [2.45, 2.75) is 77.7 Å². The van der Waals surface area contributed by atoms with E-state index in [1.807, 2.05) is 66.7 Å². The van der Waals surface area contributed by atoms with Crippen molar-refractivity contribution in [3.63, 3.8) is 0 Å². The molecule has 1 fully saturated rings. The van der Waals surface area contributed by atoms with Crippen molar-refractivity contribution < 1.29 is 18.8 Å². The lowest BCUT2D eigenvalue weighted by Gasteiger charge is -2.32. The first-order valence-electron chi connectivity index (χ1n) is 8.86. The van der Waals surface area contributed by atoms with E-state index in [0.29, 0.717) is 6.42 Å². The lowest BCUT2D eigenvalue weighted by atomic mass is 9.75. The van der Waals surface area contributed by atoms with Crippen molar-refractivity contribution in [3.05, 3.63) is 23.8 Å². The van der Waals surface area contributed by atoms with Crippen LogP contribution < -0.4 is 10.8 Å². The number of benzene rings is 1. The fraction of sp³-hybridized carbons (Fsp3) is 0.632. The number of ether oxygens (including phenoxy) is 1. The number of nitrogens with one attached hydrogen (secondary N) is 1. The Morgan fingerprint density at radius 1 is 1.20 bits per heavy atom. The third-order valence-corrected chi connectivity index (χ3v) is 5.15. The van der Waals surface area contributed by atoms with Crippen LogP contribution in [0, 0.1) is 0 Å². The molecular formula is C19H28BNO4. The Hall–Kier alpha value is -1.53. The van der Waals surface area contributed by atoms with Crippen LogP contribution in [0.1, 0.15) is 54.0 Å². The number of hydrogen-bond donors (Lipinski definition) is 1. The van der Waals surface area contributed by atoms with Gasteiger partial charge in [-0.3, -0.25) is 0 Å². The van der Waals surface area contributed by atoms with Crippen LogP contribution in [0.25, 0.3) is 0 Å². The molecule has 25 heavy (non-hydrogen) atoms. The number of fused-ring (bicyclic) bond motifs is 1. The molecule has 2 aliphatic heterocycles.